The van der Waals surface area contributed by atoms with Crippen molar-refractivity contribution in [1.29, 1.82) is 0 Å². The summed E-state index contributed by atoms with van der Waals surface area (Å²) in [5.74, 6) is 0.930. The molecule has 45 heavy (non-hydrogen) atoms. The minimum absolute atomic E-state index is 0.144. The zero-order valence-corrected chi connectivity index (χ0v) is 27.4. The van der Waals surface area contributed by atoms with Gasteiger partial charge in [0.15, 0.2) is 0 Å². The smallest absolute Gasteiger partial charge is 0.131 e. The summed E-state index contributed by atoms with van der Waals surface area (Å²) < 4.78 is 0. The van der Waals surface area contributed by atoms with Crippen LogP contribution in [0.15, 0.2) is 36.4 Å². The summed E-state index contributed by atoms with van der Waals surface area (Å²) in [6, 6.07) is 10.3. The van der Waals surface area contributed by atoms with Gasteiger partial charge in [-0.25, -0.2) is 0 Å². The lowest BCUT2D eigenvalue weighted by Crippen LogP contribution is -2.85. The van der Waals surface area contributed by atoms with Crippen LogP contribution in [-0.4, -0.2) is 86.5 Å². The monoisotopic (exact) mass is 610 g/mol. The summed E-state index contributed by atoms with van der Waals surface area (Å²) in [4.78, 5) is 25.4. The van der Waals surface area contributed by atoms with E-state index in [-0.39, 0.29) is 35.1 Å². The summed E-state index contributed by atoms with van der Waals surface area (Å²) in [6.07, 6.45) is 21.0. The zero-order valence-electron chi connectivity index (χ0n) is 27.4. The second kappa shape index (κ2) is 11.0. The molecule has 1 saturated carbocycles. The van der Waals surface area contributed by atoms with E-state index in [9.17, 15) is 9.90 Å². The van der Waals surface area contributed by atoms with Crippen molar-refractivity contribution in [3.8, 4) is 0 Å². The Balaban J connectivity index is 1.24. The van der Waals surface area contributed by atoms with Crippen molar-refractivity contribution in [2.24, 2.45) is 17.3 Å². The lowest BCUT2D eigenvalue weighted by atomic mass is 9.43. The molecule has 4 saturated heterocycles. The number of ketones is 1. The molecule has 1 spiro atoms. The van der Waals surface area contributed by atoms with Crippen molar-refractivity contribution in [3.05, 3.63) is 47.7 Å². The average molecular weight is 611 g/mol. The number of aliphatic hydroxyl groups is 1. The third kappa shape index (κ3) is 4.04. The van der Waals surface area contributed by atoms with Gasteiger partial charge in [0.2, 0.25) is 0 Å². The Labute approximate surface area is 269 Å². The van der Waals surface area contributed by atoms with Crippen LogP contribution < -0.4 is 0 Å². The van der Waals surface area contributed by atoms with Crippen LogP contribution >= 0.6 is 0 Å². The molecule has 0 radical (unpaired) electrons. The van der Waals surface area contributed by atoms with Crippen molar-refractivity contribution in [2.45, 2.75) is 133 Å². The predicted molar refractivity (Wildman–Crippen MR) is 179 cm³/mol. The number of carbonyl (C=O) groups is 1. The number of fused-ring (bicyclic) bond motifs is 8. The van der Waals surface area contributed by atoms with Crippen molar-refractivity contribution in [1.82, 2.24) is 19.7 Å². The second-order valence-electron chi connectivity index (χ2n) is 16.2. The molecule has 7 heterocycles. The number of benzene rings is 1. The van der Waals surface area contributed by atoms with Crippen LogP contribution in [-0.2, 0) is 11.2 Å². The molecule has 242 valence electrons. The number of allylic oxidation sites excluding steroid dienone is 2. The minimum atomic E-state index is -0.382. The quantitative estimate of drug-likeness (QED) is 0.386. The molecule has 2 bridgehead atoms. The second-order valence-corrected chi connectivity index (χ2v) is 16.2. The van der Waals surface area contributed by atoms with Crippen LogP contribution in [0, 0.1) is 17.3 Å². The number of Topliss-reactive ketones (excluding diaryl/α,β-unsaturated/α-hetero) is 1. The Kier molecular flexibility index (Phi) is 7.15. The molecule has 2 N–H and O–H groups in total. The highest BCUT2D eigenvalue weighted by Gasteiger charge is 2.82. The Morgan fingerprint density at radius 2 is 1.80 bits per heavy atom. The number of H-pyrrole nitrogens is 1. The van der Waals surface area contributed by atoms with Crippen LogP contribution in [0.1, 0.15) is 108 Å². The van der Waals surface area contributed by atoms with E-state index in [1.54, 1.807) is 6.92 Å². The number of nitrogens with zero attached hydrogens (tertiary/aromatic N) is 3. The number of hydrogen-bond donors (Lipinski definition) is 2. The molecule has 1 aliphatic carbocycles. The zero-order chi connectivity index (χ0) is 30.3. The topological polar surface area (TPSA) is 62.8 Å². The fourth-order valence-corrected chi connectivity index (χ4v) is 12.9. The van der Waals surface area contributed by atoms with E-state index >= 15 is 0 Å². The number of aromatic amines is 1. The van der Waals surface area contributed by atoms with Crippen LogP contribution in [0.4, 0.5) is 0 Å². The first-order valence-electron chi connectivity index (χ1n) is 18.7. The van der Waals surface area contributed by atoms with E-state index in [0.717, 1.165) is 45.3 Å². The summed E-state index contributed by atoms with van der Waals surface area (Å²) in [6.45, 7) is 6.26. The van der Waals surface area contributed by atoms with E-state index in [2.05, 4.69) is 56.1 Å². The summed E-state index contributed by atoms with van der Waals surface area (Å²) in [7, 11) is 0. The molecule has 2 aromatic rings. The number of nitrogens with one attached hydrogen (secondary N) is 1. The average Bonchev–Trinajstić information content (AvgIpc) is 3.53. The normalized spacial score (nSPS) is 42.8. The van der Waals surface area contributed by atoms with Gasteiger partial charge in [0.25, 0.3) is 0 Å². The fraction of sp³-hybridized carbons (Fsp3) is 0.718. The van der Waals surface area contributed by atoms with Gasteiger partial charge in [-0.15, -0.1) is 0 Å². The third-order valence-electron chi connectivity index (χ3n) is 14.2. The standard InChI is InChI=1S/C39H54N4O2/c1-26(44)23-27-24-30-33(35-34-29(18-22-42(27)35)28-15-10-11-16-31(28)40-34)36(45)39-19-12-6-2-3-7-13-20-41(39)25-38(30)32-17-9-5-4-8-14-21-43(32)37(38)39/h2,6,10-11,15-16,27,30,32-33,35-37,40,45H,3-5,7-9,12-14,17-25H2,1H3/b6-2-/t27-,30+,32?,33-,35-,36+,37-,38?,39?/m1/s1. The lowest BCUT2D eigenvalue weighted by Gasteiger charge is -2.74. The first kappa shape index (κ1) is 29.2. The molecule has 9 atom stereocenters. The number of para-hydroxylation sites is 1. The van der Waals surface area contributed by atoms with Crippen molar-refractivity contribution < 1.29 is 9.90 Å². The van der Waals surface area contributed by atoms with Crippen molar-refractivity contribution in [2.75, 3.05) is 26.2 Å². The van der Waals surface area contributed by atoms with Gasteiger partial charge < -0.3 is 10.1 Å². The first-order chi connectivity index (χ1) is 22.1. The van der Waals surface area contributed by atoms with Crippen LogP contribution in [0.5, 0.6) is 0 Å². The Bertz CT molecular complexity index is 1480. The van der Waals surface area contributed by atoms with Crippen LogP contribution in [0.25, 0.3) is 10.9 Å². The molecule has 6 nitrogen and oxygen atoms in total. The Hall–Kier alpha value is -1.99. The van der Waals surface area contributed by atoms with Gasteiger partial charge in [0.1, 0.15) is 5.78 Å². The van der Waals surface area contributed by atoms with Gasteiger partial charge in [-0.3, -0.25) is 19.5 Å². The van der Waals surface area contributed by atoms with Gasteiger partial charge in [0.05, 0.1) is 17.7 Å². The minimum Gasteiger partial charge on any atom is -0.391 e. The molecule has 7 aliphatic rings. The van der Waals surface area contributed by atoms with Crippen LogP contribution in [0.2, 0.25) is 0 Å². The maximum Gasteiger partial charge on any atom is 0.131 e. The van der Waals surface area contributed by atoms with Gasteiger partial charge in [0, 0.05) is 65.6 Å². The van der Waals surface area contributed by atoms with E-state index in [4.69, 9.17) is 0 Å². The Morgan fingerprint density at radius 1 is 0.978 bits per heavy atom. The number of aromatic nitrogens is 1. The fourth-order valence-electron chi connectivity index (χ4n) is 12.9. The maximum atomic E-state index is 13.4. The van der Waals surface area contributed by atoms with E-state index in [1.165, 1.54) is 86.5 Å². The number of piperidine rings is 1. The van der Waals surface area contributed by atoms with Crippen molar-refractivity contribution >= 4 is 16.7 Å². The lowest BCUT2D eigenvalue weighted by molar-refractivity contribution is -0.265. The predicted octanol–water partition coefficient (Wildman–Crippen LogP) is 6.39. The molecule has 9 rings (SSSR count). The summed E-state index contributed by atoms with van der Waals surface area (Å²) >= 11 is 0. The van der Waals surface area contributed by atoms with Gasteiger partial charge >= 0.3 is 0 Å². The van der Waals surface area contributed by atoms with E-state index in [0.29, 0.717) is 30.2 Å². The van der Waals surface area contributed by atoms with E-state index in [1.807, 2.05) is 0 Å². The maximum absolute atomic E-state index is 13.4. The number of rotatable bonds is 2. The summed E-state index contributed by atoms with van der Waals surface area (Å²) in [5.41, 5.74) is 4.06. The molecular formula is C39H54N4O2. The number of hydrogen-bond acceptors (Lipinski definition) is 5. The molecular weight excluding hydrogens is 556 g/mol. The van der Waals surface area contributed by atoms with Crippen LogP contribution in [0.3, 0.4) is 0 Å². The Morgan fingerprint density at radius 3 is 2.71 bits per heavy atom. The van der Waals surface area contributed by atoms with Gasteiger partial charge in [-0.1, -0.05) is 56.0 Å². The molecule has 5 fully saturated rings. The number of aliphatic hydroxyl groups excluding tert-OH is 1. The van der Waals surface area contributed by atoms with Gasteiger partial charge in [-0.05, 0) is 95.3 Å². The van der Waals surface area contributed by atoms with Gasteiger partial charge in [-0.2, -0.15) is 0 Å². The highest BCUT2D eigenvalue weighted by Crippen LogP contribution is 2.72. The highest BCUT2D eigenvalue weighted by molar-refractivity contribution is 5.85. The molecule has 1 aromatic carbocycles. The van der Waals surface area contributed by atoms with Crippen molar-refractivity contribution in [3.63, 3.8) is 0 Å². The number of carbonyl (C=O) groups excluding carboxylic acids is 1. The summed E-state index contributed by atoms with van der Waals surface area (Å²) in [5, 5.41) is 14.7. The SMILES string of the molecule is CC(=O)C[C@@H]1C[C@H]2[C@H]([C@@H]3c4[nH]c5ccccc5c4CCN13)[C@H](O)C13CC/C=C\CCCCN1CC21C2CCCCCCCN2[C@H]13. The molecule has 6 aliphatic heterocycles. The third-order valence-corrected chi connectivity index (χ3v) is 14.2. The largest absolute Gasteiger partial charge is 0.391 e. The molecule has 3 unspecified atom stereocenters. The molecule has 0 amide bonds. The molecule has 6 heteroatoms. The van der Waals surface area contributed by atoms with E-state index < -0.39 is 0 Å². The molecule has 1 aromatic heterocycles. The first-order valence-corrected chi connectivity index (χ1v) is 18.7. The highest BCUT2D eigenvalue weighted by atomic mass is 16.3.